The fraction of sp³-hybridized carbons (Fsp3) is 0.625. The van der Waals surface area contributed by atoms with E-state index in [2.05, 4.69) is 36.6 Å². The van der Waals surface area contributed by atoms with Crippen LogP contribution in [0.25, 0.3) is 0 Å². The summed E-state index contributed by atoms with van der Waals surface area (Å²) in [5, 5.41) is 7.04. The zero-order chi connectivity index (χ0) is 13.7. The number of hydrogen-bond acceptors (Lipinski definition) is 3. The minimum Gasteiger partial charge on any atom is -0.496 e. The molecule has 106 valence electrons. The van der Waals surface area contributed by atoms with Crippen molar-refractivity contribution in [3.63, 3.8) is 0 Å². The van der Waals surface area contributed by atoms with Crippen LogP contribution in [0.5, 0.6) is 5.75 Å². The number of methoxy groups -OCH3 is 1. The molecule has 0 fully saturated rings. The quantitative estimate of drug-likeness (QED) is 0.773. The number of hydrogen-bond donors (Lipinski definition) is 2. The van der Waals surface area contributed by atoms with E-state index in [4.69, 9.17) is 4.74 Å². The number of benzene rings is 1. The zero-order valence-electron chi connectivity index (χ0n) is 12.4. The largest absolute Gasteiger partial charge is 0.496 e. The van der Waals surface area contributed by atoms with Crippen molar-refractivity contribution in [3.05, 3.63) is 28.8 Å². The zero-order valence-corrected chi connectivity index (χ0v) is 12.4. The third-order valence-corrected chi connectivity index (χ3v) is 3.89. The lowest BCUT2D eigenvalue weighted by Gasteiger charge is -2.26. The molecule has 1 aromatic carbocycles. The van der Waals surface area contributed by atoms with Gasteiger partial charge in [0.05, 0.1) is 7.11 Å². The molecule has 1 aliphatic heterocycles. The minimum absolute atomic E-state index is 0.623. The van der Waals surface area contributed by atoms with Gasteiger partial charge in [0.25, 0.3) is 0 Å². The van der Waals surface area contributed by atoms with E-state index in [1.165, 1.54) is 23.1 Å². The molecule has 1 atom stereocenters. The molecule has 0 radical (unpaired) electrons. The van der Waals surface area contributed by atoms with Crippen LogP contribution >= 0.6 is 0 Å². The topological polar surface area (TPSA) is 33.3 Å². The first-order valence-electron chi connectivity index (χ1n) is 7.41. The molecule has 1 heterocycles. The van der Waals surface area contributed by atoms with Gasteiger partial charge < -0.3 is 15.4 Å². The van der Waals surface area contributed by atoms with Crippen LogP contribution in [0.3, 0.4) is 0 Å². The Balaban J connectivity index is 2.18. The lowest BCUT2D eigenvalue weighted by Crippen LogP contribution is -2.35. The monoisotopic (exact) mass is 262 g/mol. The van der Waals surface area contributed by atoms with Crippen LogP contribution in [-0.4, -0.2) is 19.7 Å². The van der Waals surface area contributed by atoms with Crippen LogP contribution in [-0.2, 0) is 19.5 Å². The summed E-state index contributed by atoms with van der Waals surface area (Å²) in [7, 11) is 1.76. The molecule has 0 aliphatic carbocycles. The molecule has 0 saturated carbocycles. The summed E-state index contributed by atoms with van der Waals surface area (Å²) in [6, 6.07) is 5.16. The van der Waals surface area contributed by atoms with Gasteiger partial charge in [-0.1, -0.05) is 19.9 Å². The Bertz CT molecular complexity index is 417. The third kappa shape index (κ3) is 3.48. The van der Waals surface area contributed by atoms with Crippen molar-refractivity contribution in [2.45, 2.75) is 52.2 Å². The molecule has 0 saturated heterocycles. The maximum Gasteiger partial charge on any atom is 0.123 e. The van der Waals surface area contributed by atoms with E-state index in [1.54, 1.807) is 7.11 Å². The van der Waals surface area contributed by atoms with Crippen molar-refractivity contribution in [2.75, 3.05) is 13.7 Å². The van der Waals surface area contributed by atoms with E-state index < -0.39 is 0 Å². The van der Waals surface area contributed by atoms with Crippen molar-refractivity contribution < 1.29 is 4.74 Å². The molecule has 1 aliphatic rings. The predicted molar refractivity (Wildman–Crippen MR) is 79.6 cm³/mol. The molecular formula is C16H26N2O. The Morgan fingerprint density at radius 1 is 1.32 bits per heavy atom. The van der Waals surface area contributed by atoms with Crippen LogP contribution in [0.2, 0.25) is 0 Å². The smallest absolute Gasteiger partial charge is 0.123 e. The van der Waals surface area contributed by atoms with Gasteiger partial charge in [0.2, 0.25) is 0 Å². The molecule has 19 heavy (non-hydrogen) atoms. The number of ether oxygens (including phenoxy) is 1. The molecule has 2 rings (SSSR count). The fourth-order valence-electron chi connectivity index (χ4n) is 2.68. The molecule has 0 amide bonds. The molecule has 0 spiro atoms. The maximum absolute atomic E-state index is 5.53. The van der Waals surface area contributed by atoms with Crippen molar-refractivity contribution in [3.8, 4) is 5.75 Å². The van der Waals surface area contributed by atoms with E-state index in [0.29, 0.717) is 6.04 Å². The first-order chi connectivity index (χ1) is 9.28. The summed E-state index contributed by atoms with van der Waals surface area (Å²) in [5.74, 6) is 1.01. The van der Waals surface area contributed by atoms with Gasteiger partial charge in [-0.2, -0.15) is 0 Å². The Hall–Kier alpha value is -1.06. The average Bonchev–Trinajstić information content (AvgIpc) is 2.46. The van der Waals surface area contributed by atoms with E-state index in [1.807, 2.05) is 0 Å². The summed E-state index contributed by atoms with van der Waals surface area (Å²) in [4.78, 5) is 0. The molecule has 3 heteroatoms. The Morgan fingerprint density at radius 3 is 2.84 bits per heavy atom. The number of nitrogens with one attached hydrogen (secondary N) is 2. The highest BCUT2D eigenvalue weighted by atomic mass is 16.5. The van der Waals surface area contributed by atoms with E-state index in [9.17, 15) is 0 Å². The van der Waals surface area contributed by atoms with Crippen molar-refractivity contribution in [2.24, 2.45) is 0 Å². The van der Waals surface area contributed by atoms with Gasteiger partial charge in [0.1, 0.15) is 5.75 Å². The van der Waals surface area contributed by atoms with E-state index in [-0.39, 0.29) is 0 Å². The van der Waals surface area contributed by atoms with Gasteiger partial charge in [0, 0.05) is 24.7 Å². The highest BCUT2D eigenvalue weighted by Gasteiger charge is 2.18. The summed E-state index contributed by atoms with van der Waals surface area (Å²) in [5.41, 5.74) is 4.16. The second-order valence-electron chi connectivity index (χ2n) is 5.30. The summed E-state index contributed by atoms with van der Waals surface area (Å²) in [6.07, 6.45) is 3.49. The molecule has 1 aromatic rings. The van der Waals surface area contributed by atoms with Gasteiger partial charge in [-0.15, -0.1) is 0 Å². The van der Waals surface area contributed by atoms with Crippen molar-refractivity contribution in [1.29, 1.82) is 0 Å². The summed E-state index contributed by atoms with van der Waals surface area (Å²) < 4.78 is 5.53. The van der Waals surface area contributed by atoms with Crippen molar-refractivity contribution in [1.82, 2.24) is 10.6 Å². The molecule has 3 nitrogen and oxygen atoms in total. The molecule has 2 N–H and O–H groups in total. The van der Waals surface area contributed by atoms with Crippen LogP contribution < -0.4 is 15.4 Å². The second-order valence-corrected chi connectivity index (χ2v) is 5.30. The van der Waals surface area contributed by atoms with Gasteiger partial charge >= 0.3 is 0 Å². The Kier molecular flexibility index (Phi) is 5.23. The molecule has 0 bridgehead atoms. The van der Waals surface area contributed by atoms with Gasteiger partial charge in [-0.25, -0.2) is 0 Å². The average molecular weight is 262 g/mol. The Labute approximate surface area is 116 Å². The molecular weight excluding hydrogens is 236 g/mol. The SMILES string of the molecule is CCCNCc1cc2c(cc1OC)CNC(CC)C2. The second kappa shape index (κ2) is 6.92. The number of fused-ring (bicyclic) bond motifs is 1. The highest BCUT2D eigenvalue weighted by molar-refractivity contribution is 5.44. The summed E-state index contributed by atoms with van der Waals surface area (Å²) in [6.45, 7) is 7.35. The van der Waals surface area contributed by atoms with Gasteiger partial charge in [-0.3, -0.25) is 0 Å². The fourth-order valence-corrected chi connectivity index (χ4v) is 2.68. The van der Waals surface area contributed by atoms with Crippen LogP contribution in [0.15, 0.2) is 12.1 Å². The molecule has 1 unspecified atom stereocenters. The first-order valence-corrected chi connectivity index (χ1v) is 7.41. The van der Waals surface area contributed by atoms with Gasteiger partial charge in [-0.05, 0) is 43.0 Å². The van der Waals surface area contributed by atoms with Crippen LogP contribution in [0.1, 0.15) is 43.4 Å². The van der Waals surface area contributed by atoms with E-state index >= 15 is 0 Å². The van der Waals surface area contributed by atoms with Gasteiger partial charge in [0.15, 0.2) is 0 Å². The van der Waals surface area contributed by atoms with Crippen LogP contribution in [0.4, 0.5) is 0 Å². The van der Waals surface area contributed by atoms with Crippen molar-refractivity contribution >= 4 is 0 Å². The molecule has 0 aromatic heterocycles. The maximum atomic E-state index is 5.53. The van der Waals surface area contributed by atoms with E-state index in [0.717, 1.165) is 38.2 Å². The minimum atomic E-state index is 0.623. The lowest BCUT2D eigenvalue weighted by atomic mass is 9.92. The predicted octanol–water partition coefficient (Wildman–Crippen LogP) is 2.62. The third-order valence-electron chi connectivity index (χ3n) is 3.89. The number of rotatable bonds is 6. The highest BCUT2D eigenvalue weighted by Crippen LogP contribution is 2.27. The Morgan fingerprint density at radius 2 is 2.16 bits per heavy atom. The summed E-state index contributed by atoms with van der Waals surface area (Å²) >= 11 is 0. The standard InChI is InChI=1S/C16H26N2O/c1-4-6-17-10-14-7-12-8-15(5-2)18-11-13(12)9-16(14)19-3/h7,9,15,17-18H,4-6,8,10-11H2,1-3H3. The van der Waals surface area contributed by atoms with Crippen LogP contribution in [0, 0.1) is 0 Å². The first kappa shape index (κ1) is 14.4. The lowest BCUT2D eigenvalue weighted by molar-refractivity contribution is 0.403. The normalized spacial score (nSPS) is 18.2.